The fourth-order valence-corrected chi connectivity index (χ4v) is 6.44. The molecule has 0 saturated heterocycles. The SMILES string of the molecule is CC(=O)N(c1ccccc1)c1nc(COC(=O)CN2c3cccc4cccc(c34)S2(=O)=O)cs1. The number of hydrogen-bond donors (Lipinski definition) is 0. The summed E-state index contributed by atoms with van der Waals surface area (Å²) in [4.78, 5) is 30.9. The van der Waals surface area contributed by atoms with Gasteiger partial charge in [-0.15, -0.1) is 11.3 Å². The largest absolute Gasteiger partial charge is 0.458 e. The first-order chi connectivity index (χ1) is 16.4. The second-order valence-corrected chi connectivity index (χ2v) is 10.3. The van der Waals surface area contributed by atoms with Crippen molar-refractivity contribution < 1.29 is 22.7 Å². The van der Waals surface area contributed by atoms with E-state index in [-0.39, 0.29) is 17.4 Å². The van der Waals surface area contributed by atoms with E-state index in [0.717, 1.165) is 9.69 Å². The van der Waals surface area contributed by atoms with Gasteiger partial charge >= 0.3 is 5.97 Å². The molecule has 1 aromatic heterocycles. The molecule has 4 aromatic rings. The van der Waals surface area contributed by atoms with Crippen LogP contribution < -0.4 is 9.21 Å². The summed E-state index contributed by atoms with van der Waals surface area (Å²) in [6, 6.07) is 19.4. The average molecular weight is 494 g/mol. The van der Waals surface area contributed by atoms with Gasteiger partial charge in [0.1, 0.15) is 13.2 Å². The molecule has 0 spiro atoms. The summed E-state index contributed by atoms with van der Waals surface area (Å²) in [6.45, 7) is 0.862. The Kier molecular flexibility index (Phi) is 5.54. The molecule has 0 N–H and O–H groups in total. The zero-order chi connectivity index (χ0) is 23.9. The Balaban J connectivity index is 1.30. The Morgan fingerprint density at radius 3 is 2.50 bits per heavy atom. The summed E-state index contributed by atoms with van der Waals surface area (Å²) in [5, 5.41) is 3.55. The van der Waals surface area contributed by atoms with Gasteiger partial charge in [0, 0.05) is 17.7 Å². The van der Waals surface area contributed by atoms with Crippen LogP contribution in [0.15, 0.2) is 77.0 Å². The minimum absolute atomic E-state index is 0.138. The van der Waals surface area contributed by atoms with Gasteiger partial charge in [-0.05, 0) is 29.7 Å². The molecule has 1 aliphatic heterocycles. The first-order valence-corrected chi connectivity index (χ1v) is 12.7. The Morgan fingerprint density at radius 2 is 1.76 bits per heavy atom. The van der Waals surface area contributed by atoms with Gasteiger partial charge in [0.05, 0.1) is 22.0 Å². The number of ether oxygens (including phenoxy) is 1. The summed E-state index contributed by atoms with van der Waals surface area (Å²) in [5.41, 5.74) is 1.60. The molecule has 0 saturated carbocycles. The van der Waals surface area contributed by atoms with Crippen molar-refractivity contribution in [2.45, 2.75) is 18.4 Å². The molecule has 0 bridgehead atoms. The highest BCUT2D eigenvalue weighted by molar-refractivity contribution is 7.93. The minimum atomic E-state index is -3.85. The molecule has 0 aliphatic carbocycles. The van der Waals surface area contributed by atoms with Crippen molar-refractivity contribution in [3.63, 3.8) is 0 Å². The molecule has 10 heteroatoms. The molecular formula is C24H19N3O5S2. The highest BCUT2D eigenvalue weighted by Crippen LogP contribution is 2.41. The summed E-state index contributed by atoms with van der Waals surface area (Å²) in [6.07, 6.45) is 0. The Labute approximate surface area is 200 Å². The van der Waals surface area contributed by atoms with Crippen LogP contribution in [0.2, 0.25) is 0 Å². The van der Waals surface area contributed by atoms with E-state index in [9.17, 15) is 18.0 Å². The number of hydrogen-bond acceptors (Lipinski definition) is 7. The van der Waals surface area contributed by atoms with Crippen molar-refractivity contribution in [2.75, 3.05) is 15.7 Å². The number of amides is 1. The predicted octanol–water partition coefficient (Wildman–Crippen LogP) is 4.23. The quantitative estimate of drug-likeness (QED) is 0.373. The van der Waals surface area contributed by atoms with Crippen molar-refractivity contribution in [1.82, 2.24) is 4.98 Å². The molecule has 8 nitrogen and oxygen atoms in total. The predicted molar refractivity (Wildman–Crippen MR) is 130 cm³/mol. The lowest BCUT2D eigenvalue weighted by Gasteiger charge is -2.18. The molecule has 1 aliphatic rings. The normalized spacial score (nSPS) is 13.7. The fraction of sp³-hybridized carbons (Fsp3) is 0.125. The first-order valence-electron chi connectivity index (χ1n) is 10.4. The molecule has 1 amide bonds. The Hall–Kier alpha value is -3.76. The topological polar surface area (TPSA) is 96.9 Å². The third kappa shape index (κ3) is 3.80. The van der Waals surface area contributed by atoms with Gasteiger partial charge in [-0.3, -0.25) is 18.8 Å². The third-order valence-electron chi connectivity index (χ3n) is 5.40. The van der Waals surface area contributed by atoms with E-state index in [1.807, 2.05) is 30.3 Å². The van der Waals surface area contributed by atoms with Crippen LogP contribution in [0.3, 0.4) is 0 Å². The summed E-state index contributed by atoms with van der Waals surface area (Å²) in [5.74, 6) is -0.897. The van der Waals surface area contributed by atoms with Gasteiger partial charge in [0.2, 0.25) is 5.91 Å². The van der Waals surface area contributed by atoms with Crippen LogP contribution in [0, 0.1) is 0 Å². The third-order valence-corrected chi connectivity index (χ3v) is 8.07. The lowest BCUT2D eigenvalue weighted by Crippen LogP contribution is -2.33. The smallest absolute Gasteiger partial charge is 0.327 e. The minimum Gasteiger partial charge on any atom is -0.458 e. The highest BCUT2D eigenvalue weighted by atomic mass is 32.2. The molecule has 172 valence electrons. The summed E-state index contributed by atoms with van der Waals surface area (Å²) >= 11 is 1.25. The fourth-order valence-electron chi connectivity index (χ4n) is 3.92. The zero-order valence-electron chi connectivity index (χ0n) is 18.0. The van der Waals surface area contributed by atoms with Crippen molar-refractivity contribution >= 4 is 60.5 Å². The number of carbonyl (C=O) groups is 2. The van der Waals surface area contributed by atoms with Crippen molar-refractivity contribution in [3.05, 3.63) is 77.8 Å². The van der Waals surface area contributed by atoms with Crippen LogP contribution in [-0.4, -0.2) is 31.8 Å². The van der Waals surface area contributed by atoms with E-state index in [0.29, 0.717) is 27.6 Å². The Bertz CT molecular complexity index is 1510. The van der Waals surface area contributed by atoms with Crippen LogP contribution in [0.4, 0.5) is 16.5 Å². The molecule has 5 rings (SSSR count). The van der Waals surface area contributed by atoms with Gasteiger partial charge in [-0.2, -0.15) is 0 Å². The highest BCUT2D eigenvalue weighted by Gasteiger charge is 2.37. The zero-order valence-corrected chi connectivity index (χ0v) is 19.7. The van der Waals surface area contributed by atoms with E-state index in [4.69, 9.17) is 4.74 Å². The molecular weight excluding hydrogens is 474 g/mol. The number of rotatable bonds is 6. The first kappa shape index (κ1) is 22.1. The number of anilines is 3. The van der Waals surface area contributed by atoms with Gasteiger partial charge in [-0.1, -0.05) is 42.5 Å². The van der Waals surface area contributed by atoms with Gasteiger partial charge < -0.3 is 4.74 Å². The molecule has 0 radical (unpaired) electrons. The number of benzene rings is 3. The van der Waals surface area contributed by atoms with E-state index in [2.05, 4.69) is 4.98 Å². The Morgan fingerprint density at radius 1 is 1.03 bits per heavy atom. The number of thiazole rings is 1. The van der Waals surface area contributed by atoms with Gasteiger partial charge in [0.25, 0.3) is 10.0 Å². The maximum Gasteiger partial charge on any atom is 0.327 e. The molecule has 34 heavy (non-hydrogen) atoms. The number of aromatic nitrogens is 1. The molecule has 3 aromatic carbocycles. The van der Waals surface area contributed by atoms with Crippen molar-refractivity contribution in [1.29, 1.82) is 0 Å². The summed E-state index contributed by atoms with van der Waals surface area (Å²) < 4.78 is 32.5. The van der Waals surface area contributed by atoms with Crippen LogP contribution in [0.5, 0.6) is 0 Å². The van der Waals surface area contributed by atoms with Crippen LogP contribution in [-0.2, 0) is 31.0 Å². The lowest BCUT2D eigenvalue weighted by molar-refractivity contribution is -0.143. The number of nitrogens with zero attached hydrogens (tertiary/aromatic N) is 3. The van der Waals surface area contributed by atoms with Gasteiger partial charge in [-0.25, -0.2) is 13.4 Å². The van der Waals surface area contributed by atoms with Crippen LogP contribution >= 0.6 is 11.3 Å². The average Bonchev–Trinajstić information content (AvgIpc) is 3.36. The molecule has 0 fully saturated rings. The number of esters is 1. The molecule has 2 heterocycles. The number of carbonyl (C=O) groups excluding carboxylic acids is 2. The second kappa shape index (κ2) is 8.54. The van der Waals surface area contributed by atoms with Gasteiger partial charge in [0.15, 0.2) is 5.13 Å². The number of sulfonamides is 1. The van der Waals surface area contributed by atoms with Crippen molar-refractivity contribution in [3.8, 4) is 0 Å². The maximum absolute atomic E-state index is 13.0. The molecule has 0 atom stereocenters. The van der Waals surface area contributed by atoms with E-state index in [1.54, 1.807) is 35.7 Å². The monoisotopic (exact) mass is 493 g/mol. The van der Waals surface area contributed by atoms with E-state index >= 15 is 0 Å². The molecule has 0 unspecified atom stereocenters. The number of para-hydroxylation sites is 1. The van der Waals surface area contributed by atoms with Crippen LogP contribution in [0.1, 0.15) is 12.6 Å². The maximum atomic E-state index is 13.0. The van der Waals surface area contributed by atoms with E-state index < -0.39 is 22.5 Å². The second-order valence-electron chi connectivity index (χ2n) is 7.62. The van der Waals surface area contributed by atoms with E-state index in [1.165, 1.54) is 29.2 Å². The lowest BCUT2D eigenvalue weighted by atomic mass is 10.1. The van der Waals surface area contributed by atoms with Crippen molar-refractivity contribution in [2.24, 2.45) is 0 Å². The summed E-state index contributed by atoms with van der Waals surface area (Å²) in [7, 11) is -3.85. The standard InChI is InChI=1S/C24H19N3O5S2/c1-16(28)27(19-9-3-2-4-10-19)24-25-18(15-33-24)14-32-22(29)13-26-20-11-5-7-17-8-6-12-21(23(17)20)34(26,30)31/h2-12,15H,13-14H2,1H3. The van der Waals surface area contributed by atoms with Crippen LogP contribution in [0.25, 0.3) is 10.8 Å².